The molecule has 25 heavy (non-hydrogen) atoms. The molecule has 0 aliphatic carbocycles. The lowest BCUT2D eigenvalue weighted by Crippen LogP contribution is -2.07. The van der Waals surface area contributed by atoms with Crippen molar-refractivity contribution in [2.75, 3.05) is 5.75 Å². The van der Waals surface area contributed by atoms with E-state index in [9.17, 15) is 14.9 Å². The number of ether oxygens (including phenoxy) is 1. The second-order valence-corrected chi connectivity index (χ2v) is 7.97. The molecule has 0 saturated carbocycles. The van der Waals surface area contributed by atoms with Crippen molar-refractivity contribution in [3.8, 4) is 9.88 Å². The number of esters is 1. The molecule has 3 rings (SSSR count). The molecule has 0 aliphatic rings. The van der Waals surface area contributed by atoms with Gasteiger partial charge >= 0.3 is 11.0 Å². The van der Waals surface area contributed by atoms with Gasteiger partial charge in [0.05, 0.1) is 15.6 Å². The van der Waals surface area contributed by atoms with E-state index in [-0.39, 0.29) is 23.3 Å². The molecule has 0 N–H and O–H groups in total. The molecule has 128 valence electrons. The Hall–Kier alpha value is -2.30. The third-order valence-electron chi connectivity index (χ3n) is 2.95. The van der Waals surface area contributed by atoms with Crippen molar-refractivity contribution in [3.05, 3.63) is 58.1 Å². The number of carbonyl (C=O) groups is 1. The fourth-order valence-electron chi connectivity index (χ4n) is 1.81. The van der Waals surface area contributed by atoms with Crippen LogP contribution >= 0.6 is 34.4 Å². The summed E-state index contributed by atoms with van der Waals surface area (Å²) in [6.45, 7) is 0.237. The van der Waals surface area contributed by atoms with Crippen LogP contribution in [-0.2, 0) is 16.1 Å². The lowest BCUT2D eigenvalue weighted by atomic mass is 10.2. The van der Waals surface area contributed by atoms with Crippen LogP contribution in [0.2, 0.25) is 0 Å². The Balaban J connectivity index is 1.51. The maximum atomic E-state index is 11.8. The predicted molar refractivity (Wildman–Crippen MR) is 96.8 cm³/mol. The zero-order valence-corrected chi connectivity index (χ0v) is 15.1. The van der Waals surface area contributed by atoms with Gasteiger partial charge in [-0.1, -0.05) is 64.8 Å². The largest absolute Gasteiger partial charge is 0.460 e. The minimum absolute atomic E-state index is 0.0592. The Kier molecular flexibility index (Phi) is 5.74. The molecule has 0 fully saturated rings. The van der Waals surface area contributed by atoms with E-state index in [1.54, 1.807) is 6.07 Å². The van der Waals surface area contributed by atoms with E-state index >= 15 is 0 Å². The third kappa shape index (κ3) is 4.84. The van der Waals surface area contributed by atoms with Gasteiger partial charge in [-0.05, 0) is 11.6 Å². The molecule has 0 amide bonds. The van der Waals surface area contributed by atoms with Gasteiger partial charge in [-0.3, -0.25) is 14.9 Å². The molecule has 1 aromatic carbocycles. The van der Waals surface area contributed by atoms with Crippen LogP contribution in [0.3, 0.4) is 0 Å². The summed E-state index contributed by atoms with van der Waals surface area (Å²) in [6.07, 6.45) is 0. The molecule has 3 aromatic rings. The standard InChI is InChI=1S/C15H11N3O4S3/c19-13(22-8-10-4-2-1-3-5-10)9-23-15-17-16-14(25-15)11-6-7-12(24-11)18(20)21/h1-7H,8-9H2. The highest BCUT2D eigenvalue weighted by atomic mass is 32.2. The summed E-state index contributed by atoms with van der Waals surface area (Å²) in [5, 5.41) is 19.4. The number of aromatic nitrogens is 2. The number of hydrogen-bond donors (Lipinski definition) is 0. The number of benzene rings is 1. The first-order valence-electron chi connectivity index (χ1n) is 7.02. The highest BCUT2D eigenvalue weighted by molar-refractivity contribution is 8.01. The van der Waals surface area contributed by atoms with Crippen molar-refractivity contribution in [2.24, 2.45) is 0 Å². The van der Waals surface area contributed by atoms with Crippen molar-refractivity contribution in [2.45, 2.75) is 10.9 Å². The Labute approximate surface area is 154 Å². The minimum Gasteiger partial charge on any atom is -0.460 e. The summed E-state index contributed by atoms with van der Waals surface area (Å²) in [7, 11) is 0. The second kappa shape index (κ2) is 8.19. The van der Waals surface area contributed by atoms with Gasteiger partial charge in [-0.25, -0.2) is 0 Å². The normalized spacial score (nSPS) is 10.6. The van der Waals surface area contributed by atoms with Gasteiger partial charge in [0, 0.05) is 6.07 Å². The first kappa shape index (κ1) is 17.5. The van der Waals surface area contributed by atoms with E-state index in [1.165, 1.54) is 29.2 Å². The van der Waals surface area contributed by atoms with Crippen molar-refractivity contribution < 1.29 is 14.5 Å². The highest BCUT2D eigenvalue weighted by Crippen LogP contribution is 2.36. The SMILES string of the molecule is O=C(CSc1nnc(-c2ccc([N+](=O)[O-])s2)s1)OCc1ccccc1. The summed E-state index contributed by atoms with van der Waals surface area (Å²) in [4.78, 5) is 22.8. The molecular weight excluding hydrogens is 382 g/mol. The number of hydrogen-bond acceptors (Lipinski definition) is 9. The molecule has 0 radical (unpaired) electrons. The van der Waals surface area contributed by atoms with Gasteiger partial charge < -0.3 is 4.74 Å². The molecule has 0 atom stereocenters. The van der Waals surface area contributed by atoms with Crippen molar-refractivity contribution >= 4 is 45.4 Å². The summed E-state index contributed by atoms with van der Waals surface area (Å²) in [5.41, 5.74) is 0.929. The summed E-state index contributed by atoms with van der Waals surface area (Å²) >= 11 is 3.57. The van der Waals surface area contributed by atoms with Gasteiger partial charge in [0.25, 0.3) is 0 Å². The van der Waals surface area contributed by atoms with Crippen LogP contribution in [0, 0.1) is 10.1 Å². The van der Waals surface area contributed by atoms with E-state index in [0.29, 0.717) is 14.2 Å². The van der Waals surface area contributed by atoms with Crippen LogP contribution in [0.15, 0.2) is 46.8 Å². The molecule has 10 heteroatoms. The second-order valence-electron chi connectivity index (χ2n) is 4.70. The predicted octanol–water partition coefficient (Wildman–Crippen LogP) is 4.01. The smallest absolute Gasteiger partial charge is 0.324 e. The quantitative estimate of drug-likeness (QED) is 0.259. The fraction of sp³-hybridized carbons (Fsp3) is 0.133. The fourth-order valence-corrected chi connectivity index (χ4v) is 4.33. The first-order valence-corrected chi connectivity index (χ1v) is 9.64. The maximum absolute atomic E-state index is 11.8. The number of carbonyl (C=O) groups excluding carboxylic acids is 1. The molecular formula is C15H11N3O4S3. The van der Waals surface area contributed by atoms with Crippen LogP contribution < -0.4 is 0 Å². The van der Waals surface area contributed by atoms with E-state index in [1.807, 2.05) is 30.3 Å². The number of nitro groups is 1. The highest BCUT2D eigenvalue weighted by Gasteiger charge is 2.15. The maximum Gasteiger partial charge on any atom is 0.324 e. The molecule has 0 saturated heterocycles. The average molecular weight is 393 g/mol. The molecule has 2 heterocycles. The Morgan fingerprint density at radius 2 is 1.96 bits per heavy atom. The van der Waals surface area contributed by atoms with Gasteiger partial charge in [0.1, 0.15) is 6.61 Å². The van der Waals surface area contributed by atoms with Gasteiger partial charge in [0.15, 0.2) is 9.35 Å². The van der Waals surface area contributed by atoms with Gasteiger partial charge in [0.2, 0.25) is 0 Å². The monoisotopic (exact) mass is 393 g/mol. The van der Waals surface area contributed by atoms with E-state index in [4.69, 9.17) is 4.74 Å². The zero-order valence-electron chi connectivity index (χ0n) is 12.7. The number of thioether (sulfide) groups is 1. The van der Waals surface area contributed by atoms with Gasteiger partial charge in [-0.2, -0.15) is 0 Å². The Morgan fingerprint density at radius 1 is 1.16 bits per heavy atom. The van der Waals surface area contributed by atoms with Crippen molar-refractivity contribution in [3.63, 3.8) is 0 Å². The third-order valence-corrected chi connectivity index (χ3v) is 6.18. The average Bonchev–Trinajstić information content (AvgIpc) is 3.28. The summed E-state index contributed by atoms with van der Waals surface area (Å²) in [5.74, 6) is -0.205. The lowest BCUT2D eigenvalue weighted by molar-refractivity contribution is -0.380. The van der Waals surface area contributed by atoms with Crippen molar-refractivity contribution in [1.82, 2.24) is 10.2 Å². The molecule has 0 spiro atoms. The Morgan fingerprint density at radius 3 is 2.68 bits per heavy atom. The topological polar surface area (TPSA) is 95.2 Å². The molecule has 0 bridgehead atoms. The van der Waals surface area contributed by atoms with Crippen LogP contribution in [0.25, 0.3) is 9.88 Å². The van der Waals surface area contributed by atoms with Gasteiger partial charge in [-0.15, -0.1) is 10.2 Å². The van der Waals surface area contributed by atoms with E-state index < -0.39 is 4.92 Å². The van der Waals surface area contributed by atoms with E-state index in [0.717, 1.165) is 16.9 Å². The number of nitrogens with zero attached hydrogens (tertiary/aromatic N) is 3. The molecule has 0 unspecified atom stereocenters. The van der Waals surface area contributed by atoms with Crippen LogP contribution in [-0.4, -0.2) is 26.8 Å². The van der Waals surface area contributed by atoms with Crippen molar-refractivity contribution in [1.29, 1.82) is 0 Å². The van der Waals surface area contributed by atoms with Crippen LogP contribution in [0.5, 0.6) is 0 Å². The van der Waals surface area contributed by atoms with E-state index in [2.05, 4.69) is 10.2 Å². The zero-order chi connectivity index (χ0) is 17.6. The number of rotatable bonds is 7. The molecule has 0 aliphatic heterocycles. The summed E-state index contributed by atoms with van der Waals surface area (Å²) in [6, 6.07) is 12.5. The molecule has 2 aromatic heterocycles. The Bertz CT molecular complexity index is 879. The summed E-state index contributed by atoms with van der Waals surface area (Å²) < 4.78 is 5.81. The lowest BCUT2D eigenvalue weighted by Gasteiger charge is -2.03. The molecule has 7 nitrogen and oxygen atoms in total. The van der Waals surface area contributed by atoms with Crippen LogP contribution in [0.1, 0.15) is 5.56 Å². The number of thiophene rings is 1. The first-order chi connectivity index (χ1) is 12.1. The van der Waals surface area contributed by atoms with Crippen LogP contribution in [0.4, 0.5) is 5.00 Å². The minimum atomic E-state index is -0.437.